The Morgan fingerprint density at radius 1 is 1.56 bits per heavy atom. The van der Waals surface area contributed by atoms with Gasteiger partial charge >= 0.3 is 0 Å². The second kappa shape index (κ2) is 6.07. The number of carbonyl (C=O) groups is 1. The molecule has 0 unspecified atom stereocenters. The third-order valence-electron chi connectivity index (χ3n) is 1.96. The number of rotatable bonds is 6. The van der Waals surface area contributed by atoms with Crippen molar-refractivity contribution in [3.63, 3.8) is 0 Å². The van der Waals surface area contributed by atoms with Crippen molar-refractivity contribution in [2.45, 2.75) is 13.5 Å². The van der Waals surface area contributed by atoms with Crippen LogP contribution in [0, 0.1) is 5.82 Å². The summed E-state index contributed by atoms with van der Waals surface area (Å²) in [6.45, 7) is 3.00. The van der Waals surface area contributed by atoms with Gasteiger partial charge in [-0.1, -0.05) is 6.92 Å². The molecule has 0 saturated carbocycles. The quantitative estimate of drug-likeness (QED) is 0.754. The Bertz CT molecular complexity index is 369. The first-order chi connectivity index (χ1) is 7.63. The molecule has 1 rings (SSSR count). The first-order valence-electron chi connectivity index (χ1n) is 5.03. The van der Waals surface area contributed by atoms with E-state index >= 15 is 0 Å². The number of primary amides is 1. The van der Waals surface area contributed by atoms with E-state index in [2.05, 4.69) is 5.32 Å². The molecule has 0 bridgehead atoms. The number of hydrogen-bond donors (Lipinski definition) is 2. The van der Waals surface area contributed by atoms with Crippen LogP contribution in [0.25, 0.3) is 0 Å². The molecule has 5 heteroatoms. The molecule has 0 aliphatic heterocycles. The van der Waals surface area contributed by atoms with Gasteiger partial charge in [0.2, 0.25) is 0 Å². The van der Waals surface area contributed by atoms with Gasteiger partial charge < -0.3 is 15.8 Å². The molecule has 0 heterocycles. The predicted octanol–water partition coefficient (Wildman–Crippen LogP) is 0.799. The lowest BCUT2D eigenvalue weighted by Crippen LogP contribution is -2.21. The first kappa shape index (κ1) is 12.4. The monoisotopic (exact) mass is 226 g/mol. The Hall–Kier alpha value is -1.62. The van der Waals surface area contributed by atoms with E-state index in [1.54, 1.807) is 0 Å². The molecule has 0 radical (unpaired) electrons. The van der Waals surface area contributed by atoms with Crippen LogP contribution in [0.3, 0.4) is 0 Å². The summed E-state index contributed by atoms with van der Waals surface area (Å²) < 4.78 is 18.2. The van der Waals surface area contributed by atoms with Crippen LogP contribution in [-0.4, -0.2) is 19.1 Å². The summed E-state index contributed by atoms with van der Waals surface area (Å²) >= 11 is 0. The summed E-state index contributed by atoms with van der Waals surface area (Å²) in [6.07, 6.45) is 0. The van der Waals surface area contributed by atoms with Gasteiger partial charge in [-0.3, -0.25) is 4.79 Å². The summed E-state index contributed by atoms with van der Waals surface area (Å²) in [5.74, 6) is -0.417. The number of ether oxygens (including phenoxy) is 1. The fraction of sp³-hybridized carbons (Fsp3) is 0.364. The number of halogens is 1. The fourth-order valence-electron chi connectivity index (χ4n) is 1.24. The van der Waals surface area contributed by atoms with Crippen molar-refractivity contribution >= 4 is 5.91 Å². The summed E-state index contributed by atoms with van der Waals surface area (Å²) in [5.41, 5.74) is 5.64. The van der Waals surface area contributed by atoms with Gasteiger partial charge in [0.05, 0.1) is 0 Å². The second-order valence-corrected chi connectivity index (χ2v) is 3.29. The highest BCUT2D eigenvalue weighted by Crippen LogP contribution is 2.19. The van der Waals surface area contributed by atoms with E-state index in [1.807, 2.05) is 6.92 Å². The summed E-state index contributed by atoms with van der Waals surface area (Å²) in [4.78, 5) is 10.6. The van der Waals surface area contributed by atoms with Crippen molar-refractivity contribution in [2.24, 2.45) is 5.73 Å². The highest BCUT2D eigenvalue weighted by atomic mass is 19.1. The molecule has 1 amide bonds. The van der Waals surface area contributed by atoms with Crippen LogP contribution in [0.2, 0.25) is 0 Å². The van der Waals surface area contributed by atoms with Gasteiger partial charge in [-0.25, -0.2) is 4.39 Å². The average Bonchev–Trinajstić information content (AvgIpc) is 2.24. The molecule has 0 aliphatic rings. The van der Waals surface area contributed by atoms with Crippen LogP contribution in [0.5, 0.6) is 5.75 Å². The van der Waals surface area contributed by atoms with Crippen LogP contribution in [0.4, 0.5) is 4.39 Å². The SMILES string of the molecule is CCNCc1cc(F)ccc1OCC(N)=O. The van der Waals surface area contributed by atoms with E-state index < -0.39 is 5.91 Å². The highest BCUT2D eigenvalue weighted by molar-refractivity contribution is 5.75. The zero-order chi connectivity index (χ0) is 12.0. The topological polar surface area (TPSA) is 64.3 Å². The minimum Gasteiger partial charge on any atom is -0.483 e. The number of nitrogens with one attached hydrogen (secondary N) is 1. The van der Waals surface area contributed by atoms with Crippen LogP contribution < -0.4 is 15.8 Å². The fourth-order valence-corrected chi connectivity index (χ4v) is 1.24. The third-order valence-corrected chi connectivity index (χ3v) is 1.96. The summed E-state index contributed by atoms with van der Waals surface area (Å²) in [5, 5.41) is 3.06. The Kier molecular flexibility index (Phi) is 4.72. The van der Waals surface area contributed by atoms with Crippen molar-refractivity contribution < 1.29 is 13.9 Å². The molecule has 4 nitrogen and oxygen atoms in total. The lowest BCUT2D eigenvalue weighted by molar-refractivity contribution is -0.119. The van der Waals surface area contributed by atoms with Gasteiger partial charge in [0.15, 0.2) is 6.61 Å². The van der Waals surface area contributed by atoms with E-state index in [0.29, 0.717) is 17.9 Å². The number of amides is 1. The predicted molar refractivity (Wildman–Crippen MR) is 58.5 cm³/mol. The van der Waals surface area contributed by atoms with Gasteiger partial charge in [0.1, 0.15) is 11.6 Å². The maximum Gasteiger partial charge on any atom is 0.255 e. The zero-order valence-electron chi connectivity index (χ0n) is 9.13. The number of benzene rings is 1. The normalized spacial score (nSPS) is 10.1. The van der Waals surface area contributed by atoms with E-state index in [4.69, 9.17) is 10.5 Å². The van der Waals surface area contributed by atoms with Crippen molar-refractivity contribution in [1.29, 1.82) is 0 Å². The third kappa shape index (κ3) is 3.86. The van der Waals surface area contributed by atoms with Crippen LogP contribution in [0.1, 0.15) is 12.5 Å². The maximum atomic E-state index is 13.0. The molecule has 3 N–H and O–H groups in total. The molecule has 0 spiro atoms. The average molecular weight is 226 g/mol. The van der Waals surface area contributed by atoms with Crippen molar-refractivity contribution in [3.8, 4) is 5.75 Å². The van der Waals surface area contributed by atoms with Crippen molar-refractivity contribution in [1.82, 2.24) is 5.32 Å². The van der Waals surface area contributed by atoms with E-state index in [9.17, 15) is 9.18 Å². The zero-order valence-corrected chi connectivity index (χ0v) is 9.13. The lowest BCUT2D eigenvalue weighted by Gasteiger charge is -2.10. The molecule has 0 aliphatic carbocycles. The van der Waals surface area contributed by atoms with E-state index in [-0.39, 0.29) is 12.4 Å². The minimum atomic E-state index is -0.557. The standard InChI is InChI=1S/C11H15FN2O2/c1-2-14-6-8-5-9(12)3-4-10(8)16-7-11(13)15/h3-5,14H,2,6-7H2,1H3,(H2,13,15). The summed E-state index contributed by atoms with van der Waals surface area (Å²) in [7, 11) is 0. The number of nitrogens with two attached hydrogens (primary N) is 1. The first-order valence-corrected chi connectivity index (χ1v) is 5.03. The van der Waals surface area contributed by atoms with Crippen LogP contribution in [0.15, 0.2) is 18.2 Å². The molecule has 88 valence electrons. The van der Waals surface area contributed by atoms with Crippen LogP contribution in [-0.2, 0) is 11.3 Å². The molecular formula is C11H15FN2O2. The highest BCUT2D eigenvalue weighted by Gasteiger charge is 2.06. The van der Waals surface area contributed by atoms with Gasteiger partial charge in [0, 0.05) is 12.1 Å². The Morgan fingerprint density at radius 3 is 2.94 bits per heavy atom. The van der Waals surface area contributed by atoms with Gasteiger partial charge in [0.25, 0.3) is 5.91 Å². The number of hydrogen-bond acceptors (Lipinski definition) is 3. The smallest absolute Gasteiger partial charge is 0.255 e. The van der Waals surface area contributed by atoms with E-state index in [0.717, 1.165) is 6.54 Å². The van der Waals surface area contributed by atoms with Crippen molar-refractivity contribution in [3.05, 3.63) is 29.6 Å². The molecule has 1 aromatic rings. The molecule has 0 aromatic heterocycles. The van der Waals surface area contributed by atoms with Gasteiger partial charge in [-0.05, 0) is 24.7 Å². The van der Waals surface area contributed by atoms with E-state index in [1.165, 1.54) is 18.2 Å². The molecule has 16 heavy (non-hydrogen) atoms. The minimum absolute atomic E-state index is 0.204. The number of carbonyl (C=O) groups excluding carboxylic acids is 1. The molecule has 0 saturated heterocycles. The molecule has 0 atom stereocenters. The summed E-state index contributed by atoms with van der Waals surface area (Å²) in [6, 6.07) is 4.15. The Labute approximate surface area is 93.6 Å². The maximum absolute atomic E-state index is 13.0. The largest absolute Gasteiger partial charge is 0.483 e. The Morgan fingerprint density at radius 2 is 2.31 bits per heavy atom. The molecule has 1 aromatic carbocycles. The lowest BCUT2D eigenvalue weighted by atomic mass is 10.2. The van der Waals surface area contributed by atoms with Crippen LogP contribution >= 0.6 is 0 Å². The van der Waals surface area contributed by atoms with Gasteiger partial charge in [-0.15, -0.1) is 0 Å². The second-order valence-electron chi connectivity index (χ2n) is 3.29. The molecule has 0 fully saturated rings. The van der Waals surface area contributed by atoms with Crippen molar-refractivity contribution in [2.75, 3.05) is 13.2 Å². The van der Waals surface area contributed by atoms with Gasteiger partial charge in [-0.2, -0.15) is 0 Å². The molecular weight excluding hydrogens is 211 g/mol. The Balaban J connectivity index is 2.76.